The van der Waals surface area contributed by atoms with Gasteiger partial charge in [0.25, 0.3) is 0 Å². The molecule has 6 heteroatoms. The fraction of sp³-hybridized carbons (Fsp3) is 0. The SMILES string of the molecule is Nc1nc2ccc(F)cc2n1-c1ccc(F)c(F)c1. The van der Waals surface area contributed by atoms with Gasteiger partial charge in [0, 0.05) is 12.1 Å². The molecule has 0 saturated heterocycles. The highest BCUT2D eigenvalue weighted by Gasteiger charge is 2.12. The van der Waals surface area contributed by atoms with Crippen LogP contribution in [0, 0.1) is 17.5 Å². The van der Waals surface area contributed by atoms with Crippen molar-refractivity contribution in [2.24, 2.45) is 0 Å². The Morgan fingerprint density at radius 2 is 1.74 bits per heavy atom. The van der Waals surface area contributed by atoms with Crippen LogP contribution in [0.4, 0.5) is 19.1 Å². The summed E-state index contributed by atoms with van der Waals surface area (Å²) in [6.07, 6.45) is 0. The number of nitrogens with zero attached hydrogens (tertiary/aromatic N) is 2. The topological polar surface area (TPSA) is 43.8 Å². The van der Waals surface area contributed by atoms with Crippen LogP contribution in [0.2, 0.25) is 0 Å². The summed E-state index contributed by atoms with van der Waals surface area (Å²) < 4.78 is 40.8. The quantitative estimate of drug-likeness (QED) is 0.733. The lowest BCUT2D eigenvalue weighted by Gasteiger charge is -2.06. The summed E-state index contributed by atoms with van der Waals surface area (Å²) in [5.41, 5.74) is 6.89. The smallest absolute Gasteiger partial charge is 0.205 e. The van der Waals surface area contributed by atoms with E-state index in [1.165, 1.54) is 28.8 Å². The minimum atomic E-state index is -1.00. The first kappa shape index (κ1) is 11.6. The minimum absolute atomic E-state index is 0.0756. The zero-order valence-electron chi connectivity index (χ0n) is 9.57. The van der Waals surface area contributed by atoms with E-state index in [4.69, 9.17) is 5.73 Å². The summed E-state index contributed by atoms with van der Waals surface area (Å²) in [5.74, 6) is -2.35. The molecule has 0 fully saturated rings. The maximum Gasteiger partial charge on any atom is 0.205 e. The van der Waals surface area contributed by atoms with E-state index in [-0.39, 0.29) is 11.6 Å². The van der Waals surface area contributed by atoms with Gasteiger partial charge in [0.2, 0.25) is 5.95 Å². The molecule has 2 N–H and O–H groups in total. The predicted molar refractivity (Wildman–Crippen MR) is 65.4 cm³/mol. The van der Waals surface area contributed by atoms with Gasteiger partial charge >= 0.3 is 0 Å². The summed E-state index contributed by atoms with van der Waals surface area (Å²) in [6.45, 7) is 0. The number of nitrogens with two attached hydrogens (primary N) is 1. The van der Waals surface area contributed by atoms with Crippen LogP contribution in [0.3, 0.4) is 0 Å². The number of aromatic nitrogens is 2. The molecule has 3 nitrogen and oxygen atoms in total. The number of hydrogen-bond donors (Lipinski definition) is 1. The molecule has 96 valence electrons. The molecule has 0 aliphatic rings. The molecule has 0 atom stereocenters. The summed E-state index contributed by atoms with van der Waals surface area (Å²) in [5, 5.41) is 0. The van der Waals surface area contributed by atoms with Crippen LogP contribution in [0.1, 0.15) is 0 Å². The van der Waals surface area contributed by atoms with E-state index in [1.54, 1.807) is 0 Å². The lowest BCUT2D eigenvalue weighted by atomic mass is 10.2. The highest BCUT2D eigenvalue weighted by atomic mass is 19.2. The van der Waals surface area contributed by atoms with Gasteiger partial charge in [0.15, 0.2) is 11.6 Å². The first-order valence-electron chi connectivity index (χ1n) is 5.45. The Morgan fingerprint density at radius 3 is 2.47 bits per heavy atom. The van der Waals surface area contributed by atoms with E-state index in [9.17, 15) is 13.2 Å². The third-order valence-electron chi connectivity index (χ3n) is 2.80. The van der Waals surface area contributed by atoms with E-state index in [2.05, 4.69) is 4.98 Å². The largest absolute Gasteiger partial charge is 0.369 e. The van der Waals surface area contributed by atoms with Crippen molar-refractivity contribution in [3.05, 3.63) is 53.8 Å². The monoisotopic (exact) mass is 263 g/mol. The van der Waals surface area contributed by atoms with Gasteiger partial charge in [0.1, 0.15) is 5.82 Å². The van der Waals surface area contributed by atoms with Crippen molar-refractivity contribution in [1.29, 1.82) is 0 Å². The highest BCUT2D eigenvalue weighted by molar-refractivity contribution is 5.80. The standard InChI is InChI=1S/C13H8F3N3/c14-7-1-4-11-12(5-7)19(13(17)18-11)8-2-3-9(15)10(16)6-8/h1-6H,(H2,17,18). The molecule has 0 spiro atoms. The normalized spacial score (nSPS) is 11.1. The molecule has 0 aliphatic carbocycles. The number of imidazole rings is 1. The summed E-state index contributed by atoms with van der Waals surface area (Å²) in [7, 11) is 0. The van der Waals surface area contributed by atoms with Crippen LogP contribution in [0.5, 0.6) is 0 Å². The van der Waals surface area contributed by atoms with E-state index in [0.717, 1.165) is 12.1 Å². The molecule has 0 unspecified atom stereocenters. The van der Waals surface area contributed by atoms with Gasteiger partial charge in [-0.1, -0.05) is 0 Å². The first-order valence-corrected chi connectivity index (χ1v) is 5.45. The fourth-order valence-electron chi connectivity index (χ4n) is 1.96. The Bertz CT molecular complexity index is 780. The number of anilines is 1. The van der Waals surface area contributed by atoms with Crippen molar-refractivity contribution >= 4 is 17.0 Å². The zero-order valence-corrected chi connectivity index (χ0v) is 9.57. The second-order valence-electron chi connectivity index (χ2n) is 4.04. The van der Waals surface area contributed by atoms with Crippen LogP contribution < -0.4 is 5.73 Å². The third-order valence-corrected chi connectivity index (χ3v) is 2.80. The number of benzene rings is 2. The van der Waals surface area contributed by atoms with Gasteiger partial charge in [0.05, 0.1) is 16.7 Å². The lowest BCUT2D eigenvalue weighted by Crippen LogP contribution is -2.01. The van der Waals surface area contributed by atoms with Gasteiger partial charge in [-0.05, 0) is 24.3 Å². The van der Waals surface area contributed by atoms with Gasteiger partial charge in [-0.2, -0.15) is 0 Å². The summed E-state index contributed by atoms with van der Waals surface area (Å²) in [6, 6.07) is 7.27. The molecule has 3 aromatic rings. The molecule has 1 aromatic heterocycles. The van der Waals surface area contributed by atoms with Gasteiger partial charge in [-0.15, -0.1) is 0 Å². The molecule has 3 rings (SSSR count). The van der Waals surface area contributed by atoms with Crippen molar-refractivity contribution in [2.75, 3.05) is 5.73 Å². The van der Waals surface area contributed by atoms with Crippen molar-refractivity contribution in [3.8, 4) is 5.69 Å². The van der Waals surface area contributed by atoms with E-state index >= 15 is 0 Å². The van der Waals surface area contributed by atoms with Crippen LogP contribution in [-0.2, 0) is 0 Å². The Hall–Kier alpha value is -2.50. The molecule has 19 heavy (non-hydrogen) atoms. The van der Waals surface area contributed by atoms with Gasteiger partial charge < -0.3 is 5.73 Å². The molecule has 1 heterocycles. The summed E-state index contributed by atoms with van der Waals surface area (Å²) >= 11 is 0. The molecule has 0 bridgehead atoms. The van der Waals surface area contributed by atoms with Gasteiger partial charge in [-0.25, -0.2) is 18.2 Å². The Labute approximate surface area is 106 Å². The second-order valence-corrected chi connectivity index (χ2v) is 4.04. The molecular weight excluding hydrogens is 255 g/mol. The van der Waals surface area contributed by atoms with Gasteiger partial charge in [-0.3, -0.25) is 4.57 Å². The Morgan fingerprint density at radius 1 is 0.947 bits per heavy atom. The molecule has 2 aromatic carbocycles. The van der Waals surface area contributed by atoms with Crippen LogP contribution in [0.25, 0.3) is 16.7 Å². The van der Waals surface area contributed by atoms with Crippen molar-refractivity contribution in [1.82, 2.24) is 9.55 Å². The average molecular weight is 263 g/mol. The lowest BCUT2D eigenvalue weighted by molar-refractivity contribution is 0.508. The maximum absolute atomic E-state index is 13.3. The number of halogens is 3. The Kier molecular flexibility index (Phi) is 2.45. The number of fused-ring (bicyclic) bond motifs is 1. The van der Waals surface area contributed by atoms with Crippen molar-refractivity contribution in [3.63, 3.8) is 0 Å². The van der Waals surface area contributed by atoms with E-state index < -0.39 is 17.5 Å². The highest BCUT2D eigenvalue weighted by Crippen LogP contribution is 2.24. The number of hydrogen-bond acceptors (Lipinski definition) is 2. The zero-order chi connectivity index (χ0) is 13.6. The van der Waals surface area contributed by atoms with E-state index in [1.807, 2.05) is 0 Å². The number of rotatable bonds is 1. The maximum atomic E-state index is 13.3. The van der Waals surface area contributed by atoms with Crippen LogP contribution in [-0.4, -0.2) is 9.55 Å². The van der Waals surface area contributed by atoms with Crippen molar-refractivity contribution < 1.29 is 13.2 Å². The summed E-state index contributed by atoms with van der Waals surface area (Å²) in [4.78, 5) is 4.04. The molecule has 0 saturated carbocycles. The first-order chi connectivity index (χ1) is 9.06. The molecular formula is C13H8F3N3. The second kappa shape index (κ2) is 4.01. The predicted octanol–water partition coefficient (Wildman–Crippen LogP) is 3.03. The van der Waals surface area contributed by atoms with Crippen LogP contribution in [0.15, 0.2) is 36.4 Å². The fourth-order valence-corrected chi connectivity index (χ4v) is 1.96. The number of nitrogen functional groups attached to an aromatic ring is 1. The average Bonchev–Trinajstić information content (AvgIpc) is 2.68. The molecule has 0 radical (unpaired) electrons. The van der Waals surface area contributed by atoms with Crippen LogP contribution >= 0.6 is 0 Å². The van der Waals surface area contributed by atoms with Crippen molar-refractivity contribution in [2.45, 2.75) is 0 Å². The Balaban J connectivity index is 2.31. The van der Waals surface area contributed by atoms with E-state index in [0.29, 0.717) is 11.0 Å². The third kappa shape index (κ3) is 1.81. The molecule has 0 amide bonds. The minimum Gasteiger partial charge on any atom is -0.369 e. The molecule has 0 aliphatic heterocycles.